The van der Waals surface area contributed by atoms with E-state index in [0.717, 1.165) is 16.3 Å². The van der Waals surface area contributed by atoms with Gasteiger partial charge in [-0.3, -0.25) is 14.9 Å². The van der Waals surface area contributed by atoms with Crippen molar-refractivity contribution in [1.82, 2.24) is 5.32 Å². The van der Waals surface area contributed by atoms with Gasteiger partial charge in [0.15, 0.2) is 0 Å². The lowest BCUT2D eigenvalue weighted by molar-refractivity contribution is -0.143. The molecule has 1 heterocycles. The van der Waals surface area contributed by atoms with E-state index in [2.05, 4.69) is 5.32 Å². The molecule has 0 saturated heterocycles. The van der Waals surface area contributed by atoms with E-state index in [9.17, 15) is 19.8 Å². The predicted octanol–water partition coefficient (Wildman–Crippen LogP) is 4.18. The fraction of sp³-hybridized carbons (Fsp3) is 0.304. The molecular weight excluding hydrogens is 370 g/mol. The van der Waals surface area contributed by atoms with Crippen molar-refractivity contribution in [2.45, 2.75) is 38.8 Å². The number of furan rings is 1. The van der Waals surface area contributed by atoms with Gasteiger partial charge in [0, 0.05) is 12.0 Å². The number of benzene rings is 2. The number of fused-ring (bicyclic) bond motifs is 1. The summed E-state index contributed by atoms with van der Waals surface area (Å²) in [5.74, 6) is -0.900. The van der Waals surface area contributed by atoms with Crippen molar-refractivity contribution < 1.29 is 24.2 Å². The Balaban J connectivity index is 1.81. The molecule has 0 aliphatic heterocycles. The first-order valence-electron chi connectivity index (χ1n) is 9.63. The van der Waals surface area contributed by atoms with E-state index in [0.29, 0.717) is 17.9 Å². The maximum Gasteiger partial charge on any atom is 0.321 e. The van der Waals surface area contributed by atoms with Gasteiger partial charge in [-0.05, 0) is 35.2 Å². The Morgan fingerprint density at radius 2 is 1.62 bits per heavy atom. The Morgan fingerprint density at radius 1 is 0.931 bits per heavy atom. The minimum absolute atomic E-state index is 0.0575. The van der Waals surface area contributed by atoms with Crippen molar-refractivity contribution in [3.05, 3.63) is 60.4 Å². The summed E-state index contributed by atoms with van der Waals surface area (Å²) in [6, 6.07) is 15.5. The number of nitrogens with one attached hydrogen (secondary N) is 1. The molecule has 0 spiro atoms. The van der Waals surface area contributed by atoms with Crippen molar-refractivity contribution in [2.75, 3.05) is 0 Å². The minimum atomic E-state index is -1.11. The average Bonchev–Trinajstić information content (AvgIpc) is 3.14. The summed E-state index contributed by atoms with van der Waals surface area (Å²) in [6.45, 7) is 3.80. The Kier molecular flexibility index (Phi) is 6.34. The highest BCUT2D eigenvalue weighted by atomic mass is 16.4. The lowest BCUT2D eigenvalue weighted by Crippen LogP contribution is -2.48. The van der Waals surface area contributed by atoms with Crippen molar-refractivity contribution in [1.29, 1.82) is 0 Å². The van der Waals surface area contributed by atoms with Crippen LogP contribution in [-0.4, -0.2) is 34.2 Å². The molecule has 3 aromatic rings. The van der Waals surface area contributed by atoms with Gasteiger partial charge in [-0.2, -0.15) is 0 Å². The molecule has 29 heavy (non-hydrogen) atoms. The van der Waals surface area contributed by atoms with Gasteiger partial charge in [-0.1, -0.05) is 56.3 Å². The van der Waals surface area contributed by atoms with Crippen LogP contribution in [0.3, 0.4) is 0 Å². The zero-order valence-corrected chi connectivity index (χ0v) is 16.5. The zero-order valence-electron chi connectivity index (χ0n) is 16.5. The molecule has 2 aromatic carbocycles. The predicted molar refractivity (Wildman–Crippen MR) is 111 cm³/mol. The van der Waals surface area contributed by atoms with Crippen molar-refractivity contribution in [2.24, 2.45) is 5.92 Å². The number of hydrogen-bond donors (Lipinski definition) is 3. The van der Waals surface area contributed by atoms with Gasteiger partial charge < -0.3 is 14.6 Å². The summed E-state index contributed by atoms with van der Waals surface area (Å²) >= 11 is 0. The molecule has 6 nitrogen and oxygen atoms in total. The third-order valence-electron chi connectivity index (χ3n) is 4.83. The summed E-state index contributed by atoms with van der Waals surface area (Å²) in [5, 5.41) is 23.8. The Hall–Kier alpha value is -3.12. The fourth-order valence-corrected chi connectivity index (χ4v) is 3.45. The van der Waals surface area contributed by atoms with E-state index in [1.807, 2.05) is 62.4 Å². The number of carboxylic acids is 2. The molecule has 3 N–H and O–H groups in total. The highest BCUT2D eigenvalue weighted by molar-refractivity contribution is 5.95. The molecule has 0 aliphatic rings. The lowest BCUT2D eigenvalue weighted by Gasteiger charge is -2.21. The van der Waals surface area contributed by atoms with Gasteiger partial charge in [0.25, 0.3) is 0 Å². The van der Waals surface area contributed by atoms with Crippen molar-refractivity contribution in [3.8, 4) is 11.3 Å². The molecule has 2 atom stereocenters. The molecule has 3 rings (SSSR count). The van der Waals surface area contributed by atoms with E-state index < -0.39 is 24.0 Å². The van der Waals surface area contributed by atoms with Crippen LogP contribution in [0.2, 0.25) is 0 Å². The van der Waals surface area contributed by atoms with Crippen molar-refractivity contribution >= 4 is 22.7 Å². The van der Waals surface area contributed by atoms with Gasteiger partial charge in [0.1, 0.15) is 23.6 Å². The molecule has 0 unspecified atom stereocenters. The van der Waals surface area contributed by atoms with E-state index >= 15 is 0 Å². The summed E-state index contributed by atoms with van der Waals surface area (Å²) < 4.78 is 5.93. The first-order valence-corrected chi connectivity index (χ1v) is 9.63. The van der Waals surface area contributed by atoms with Crippen LogP contribution in [0.5, 0.6) is 0 Å². The van der Waals surface area contributed by atoms with Crippen LogP contribution in [-0.2, 0) is 16.0 Å². The normalized spacial score (nSPS) is 13.5. The largest absolute Gasteiger partial charge is 0.480 e. The van der Waals surface area contributed by atoms with Gasteiger partial charge in [-0.15, -0.1) is 0 Å². The number of carbonyl (C=O) groups is 2. The molecule has 0 bridgehead atoms. The van der Waals surface area contributed by atoms with Crippen molar-refractivity contribution in [3.63, 3.8) is 0 Å². The van der Waals surface area contributed by atoms with E-state index in [1.54, 1.807) is 6.07 Å². The SMILES string of the molecule is CC(C)C[C@H](N[C@@H](Cc1ccc(-c2cccc3ccccc23)o1)C(=O)O)C(=O)O. The van der Waals surface area contributed by atoms with Crippen LogP contribution >= 0.6 is 0 Å². The van der Waals surface area contributed by atoms with Crippen LogP contribution in [0.4, 0.5) is 0 Å². The standard InChI is InChI=1S/C23H25NO5/c1-14(2)12-19(22(25)26)24-20(23(27)28)13-16-10-11-21(29-16)18-9-5-7-15-6-3-4-8-17(15)18/h3-11,14,19-20,24H,12-13H2,1-2H3,(H,25,26)(H,27,28)/t19-,20-/m0/s1. The Bertz CT molecular complexity index is 1000. The molecule has 1 aromatic heterocycles. The average molecular weight is 395 g/mol. The van der Waals surface area contributed by atoms with E-state index in [4.69, 9.17) is 4.42 Å². The van der Waals surface area contributed by atoms with Crippen LogP contribution in [0.15, 0.2) is 59.0 Å². The first-order chi connectivity index (χ1) is 13.8. The monoisotopic (exact) mass is 395 g/mol. The molecule has 0 saturated carbocycles. The van der Waals surface area contributed by atoms with Gasteiger partial charge >= 0.3 is 11.9 Å². The van der Waals surface area contributed by atoms with Gasteiger partial charge in [0.2, 0.25) is 0 Å². The molecule has 0 fully saturated rings. The smallest absolute Gasteiger partial charge is 0.321 e. The highest BCUT2D eigenvalue weighted by Crippen LogP contribution is 2.30. The lowest BCUT2D eigenvalue weighted by atomic mass is 10.0. The molecule has 6 heteroatoms. The summed E-state index contributed by atoms with van der Waals surface area (Å²) in [4.78, 5) is 23.2. The third kappa shape index (κ3) is 5.03. The molecular formula is C23H25NO5. The van der Waals surface area contributed by atoms with Crippen LogP contribution in [0, 0.1) is 5.92 Å². The van der Waals surface area contributed by atoms with E-state index in [-0.39, 0.29) is 12.3 Å². The number of hydrogen-bond acceptors (Lipinski definition) is 4. The topological polar surface area (TPSA) is 99.8 Å². The second-order valence-corrected chi connectivity index (χ2v) is 7.57. The molecule has 0 radical (unpaired) electrons. The van der Waals surface area contributed by atoms with Gasteiger partial charge in [0.05, 0.1) is 0 Å². The Morgan fingerprint density at radius 3 is 2.31 bits per heavy atom. The minimum Gasteiger partial charge on any atom is -0.480 e. The van der Waals surface area contributed by atoms with Crippen LogP contribution < -0.4 is 5.32 Å². The maximum absolute atomic E-state index is 11.7. The highest BCUT2D eigenvalue weighted by Gasteiger charge is 2.27. The molecule has 152 valence electrons. The second kappa shape index (κ2) is 8.92. The number of rotatable bonds is 9. The molecule has 0 amide bonds. The zero-order chi connectivity index (χ0) is 21.0. The fourth-order valence-electron chi connectivity index (χ4n) is 3.45. The first kappa shape index (κ1) is 20.6. The molecule has 0 aliphatic carbocycles. The van der Waals surface area contributed by atoms with Crippen LogP contribution in [0.25, 0.3) is 22.1 Å². The van der Waals surface area contributed by atoms with Crippen LogP contribution in [0.1, 0.15) is 26.0 Å². The summed E-state index contributed by atoms with van der Waals surface area (Å²) in [7, 11) is 0. The Labute approximate surface area is 169 Å². The number of carboxylic acid groups (broad SMARTS) is 2. The van der Waals surface area contributed by atoms with E-state index in [1.165, 1.54) is 0 Å². The number of aliphatic carboxylic acids is 2. The maximum atomic E-state index is 11.7. The van der Waals surface area contributed by atoms with Gasteiger partial charge in [-0.25, -0.2) is 0 Å². The second-order valence-electron chi connectivity index (χ2n) is 7.57. The summed E-state index contributed by atoms with van der Waals surface area (Å²) in [5.41, 5.74) is 0.928. The quantitative estimate of drug-likeness (QED) is 0.502. The third-order valence-corrected chi connectivity index (χ3v) is 4.83. The summed E-state index contributed by atoms with van der Waals surface area (Å²) in [6.07, 6.45) is 0.403.